The van der Waals surface area contributed by atoms with Gasteiger partial charge in [-0.2, -0.15) is 0 Å². The van der Waals surface area contributed by atoms with Crippen LogP contribution in [0.2, 0.25) is 18.1 Å². The molecule has 34 heavy (non-hydrogen) atoms. The maximum absolute atomic E-state index is 9.98. The third-order valence-electron chi connectivity index (χ3n) is 7.79. The molecule has 1 saturated carbocycles. The number of nitrogens with zero attached hydrogens (tertiary/aromatic N) is 2. The summed E-state index contributed by atoms with van der Waals surface area (Å²) in [6.07, 6.45) is 3.92. The highest BCUT2D eigenvalue weighted by Crippen LogP contribution is 2.41. The van der Waals surface area contributed by atoms with Crippen molar-refractivity contribution in [1.82, 2.24) is 9.97 Å². The zero-order chi connectivity index (χ0) is 24.5. The number of aromatic nitrogens is 2. The summed E-state index contributed by atoms with van der Waals surface area (Å²) in [6.45, 7) is 11.3. The van der Waals surface area contributed by atoms with Crippen molar-refractivity contribution >= 4 is 14.1 Å². The Morgan fingerprint density at radius 3 is 2.59 bits per heavy atom. The molecule has 2 aromatic rings. The quantitative estimate of drug-likeness (QED) is 0.522. The number of hydrogen-bond donors (Lipinski definition) is 2. The molecule has 0 amide bonds. The van der Waals surface area contributed by atoms with E-state index < -0.39 is 8.32 Å². The highest BCUT2D eigenvalue weighted by Gasteiger charge is 2.44. The number of benzene rings is 1. The minimum atomic E-state index is -1.93. The Bertz CT molecular complexity index is 981. The van der Waals surface area contributed by atoms with Crippen LogP contribution in [0, 0.1) is 5.92 Å². The Morgan fingerprint density at radius 2 is 1.88 bits per heavy atom. The molecule has 4 rings (SSSR count). The molecule has 0 saturated heterocycles. The van der Waals surface area contributed by atoms with E-state index >= 15 is 0 Å². The minimum absolute atomic E-state index is 0.00720. The predicted octanol–water partition coefficient (Wildman–Crippen LogP) is 4.74. The van der Waals surface area contributed by atoms with E-state index in [0.717, 1.165) is 19.3 Å². The van der Waals surface area contributed by atoms with Gasteiger partial charge in [0.05, 0.1) is 18.2 Å². The maximum atomic E-state index is 9.98. The van der Waals surface area contributed by atoms with Crippen molar-refractivity contribution in [3.05, 3.63) is 47.8 Å². The molecule has 5 atom stereocenters. The van der Waals surface area contributed by atoms with Crippen LogP contribution < -0.4 is 10.1 Å². The maximum Gasteiger partial charge on any atom is 0.218 e. The smallest absolute Gasteiger partial charge is 0.218 e. The highest BCUT2D eigenvalue weighted by atomic mass is 28.4. The Kier molecular flexibility index (Phi) is 7.33. The van der Waals surface area contributed by atoms with Crippen molar-refractivity contribution < 1.29 is 19.0 Å². The largest absolute Gasteiger partial charge is 0.474 e. The zero-order valence-electron chi connectivity index (χ0n) is 21.2. The number of nitrogens with one attached hydrogen (secondary N) is 1. The second-order valence-corrected chi connectivity index (χ2v) is 15.9. The Hall–Kier alpha value is -2.00. The highest BCUT2D eigenvalue weighted by molar-refractivity contribution is 6.74. The van der Waals surface area contributed by atoms with Gasteiger partial charge in [0.25, 0.3) is 0 Å². The van der Waals surface area contributed by atoms with Crippen LogP contribution in [-0.2, 0) is 15.6 Å². The molecule has 1 aromatic heterocycles. The van der Waals surface area contributed by atoms with Gasteiger partial charge in [-0.15, -0.1) is 0 Å². The normalized spacial score (nSPS) is 27.0. The Labute approximate surface area is 204 Å². The number of rotatable bonds is 8. The predicted molar refractivity (Wildman–Crippen MR) is 136 cm³/mol. The van der Waals surface area contributed by atoms with Crippen molar-refractivity contribution in [3.63, 3.8) is 0 Å². The summed E-state index contributed by atoms with van der Waals surface area (Å²) in [4.78, 5) is 8.78. The molecule has 2 aliphatic carbocycles. The number of hydrogen-bond acceptors (Lipinski definition) is 7. The van der Waals surface area contributed by atoms with Crippen LogP contribution >= 0.6 is 0 Å². The summed E-state index contributed by atoms with van der Waals surface area (Å²) in [7, 11) is -0.183. The van der Waals surface area contributed by atoms with E-state index in [4.69, 9.17) is 13.9 Å². The second kappa shape index (κ2) is 9.93. The van der Waals surface area contributed by atoms with Gasteiger partial charge in [0, 0.05) is 38.5 Å². The lowest BCUT2D eigenvalue weighted by Crippen LogP contribution is -2.45. The molecule has 8 heteroatoms. The molecule has 1 fully saturated rings. The summed E-state index contributed by atoms with van der Waals surface area (Å²) < 4.78 is 18.7. The van der Waals surface area contributed by atoms with Crippen molar-refractivity contribution in [2.75, 3.05) is 19.0 Å². The van der Waals surface area contributed by atoms with Crippen LogP contribution in [0.15, 0.2) is 36.7 Å². The topological polar surface area (TPSA) is 85.7 Å². The third-order valence-corrected chi connectivity index (χ3v) is 12.3. The molecular weight excluding hydrogens is 446 g/mol. The summed E-state index contributed by atoms with van der Waals surface area (Å²) in [5.41, 5.74) is 2.54. The average molecular weight is 486 g/mol. The van der Waals surface area contributed by atoms with Crippen LogP contribution in [0.1, 0.15) is 50.8 Å². The average Bonchev–Trinajstić information content (AvgIpc) is 3.33. The summed E-state index contributed by atoms with van der Waals surface area (Å²) in [5, 5.41) is 13.6. The molecule has 0 bridgehead atoms. The number of ether oxygens (including phenoxy) is 2. The van der Waals surface area contributed by atoms with Gasteiger partial charge in [-0.3, -0.25) is 0 Å². The summed E-state index contributed by atoms with van der Waals surface area (Å²) >= 11 is 0. The zero-order valence-corrected chi connectivity index (χ0v) is 22.2. The SMILES string of the molecule is CO[C@H]1Cc2ccccc2[C@H]1Nc1cc(O[C@@H]2C[C@@H](CO)[C@H](O[Si](C)(C)C(C)(C)C)C2)ncn1. The summed E-state index contributed by atoms with van der Waals surface area (Å²) in [6, 6.07) is 10.3. The lowest BCUT2D eigenvalue weighted by atomic mass is 10.1. The molecule has 2 aliphatic rings. The second-order valence-electron chi connectivity index (χ2n) is 11.1. The Balaban J connectivity index is 1.43. The monoisotopic (exact) mass is 485 g/mol. The van der Waals surface area contributed by atoms with E-state index in [1.54, 1.807) is 7.11 Å². The number of methoxy groups -OCH3 is 1. The first-order chi connectivity index (χ1) is 16.1. The number of anilines is 1. The van der Waals surface area contributed by atoms with E-state index in [0.29, 0.717) is 11.7 Å². The van der Waals surface area contributed by atoms with Crippen molar-refractivity contribution in [2.45, 2.75) is 82.5 Å². The van der Waals surface area contributed by atoms with Crippen molar-refractivity contribution in [3.8, 4) is 5.88 Å². The molecule has 1 heterocycles. The molecule has 0 spiro atoms. The molecule has 0 aliphatic heterocycles. The molecule has 2 N–H and O–H groups in total. The number of aliphatic hydroxyl groups is 1. The van der Waals surface area contributed by atoms with Gasteiger partial charge >= 0.3 is 0 Å². The standard InChI is InChI=1S/C26H39N3O4Si/c1-26(2,3)34(5,6)33-21-13-19(11-18(21)15-30)32-24-14-23(27-16-28-24)29-25-20-10-8-7-9-17(20)12-22(25)31-4/h7-10,14,16,18-19,21-22,25,30H,11-13,15H2,1-6H3,(H,27,28,29)/t18-,19+,21+,22-,25+/m0/s1. The fourth-order valence-electron chi connectivity index (χ4n) is 4.79. The number of fused-ring (bicyclic) bond motifs is 1. The van der Waals surface area contributed by atoms with Crippen LogP contribution in [-0.4, -0.2) is 55.4 Å². The van der Waals surface area contributed by atoms with Crippen molar-refractivity contribution in [2.24, 2.45) is 5.92 Å². The van der Waals surface area contributed by atoms with Gasteiger partial charge < -0.3 is 24.3 Å². The van der Waals surface area contributed by atoms with Gasteiger partial charge in [0.15, 0.2) is 8.32 Å². The molecule has 0 unspecified atom stereocenters. The van der Waals surface area contributed by atoms with Gasteiger partial charge in [-0.05, 0) is 35.7 Å². The van der Waals surface area contributed by atoms with E-state index in [2.05, 4.69) is 73.4 Å². The molecule has 7 nitrogen and oxygen atoms in total. The molecular formula is C26H39N3O4Si. The summed E-state index contributed by atoms with van der Waals surface area (Å²) in [5.74, 6) is 1.32. The van der Waals surface area contributed by atoms with Gasteiger partial charge in [-0.1, -0.05) is 45.0 Å². The van der Waals surface area contributed by atoms with E-state index in [1.165, 1.54) is 17.5 Å². The first-order valence-corrected chi connectivity index (χ1v) is 15.2. The van der Waals surface area contributed by atoms with E-state index in [9.17, 15) is 5.11 Å². The van der Waals surface area contributed by atoms with Crippen LogP contribution in [0.25, 0.3) is 0 Å². The van der Waals surface area contributed by atoms with E-state index in [1.807, 2.05) is 6.07 Å². The van der Waals surface area contributed by atoms with Gasteiger partial charge in [0.2, 0.25) is 5.88 Å². The lowest BCUT2D eigenvalue weighted by Gasteiger charge is -2.39. The van der Waals surface area contributed by atoms with Gasteiger partial charge in [0.1, 0.15) is 18.2 Å². The van der Waals surface area contributed by atoms with Crippen LogP contribution in [0.3, 0.4) is 0 Å². The fraction of sp³-hybridized carbons (Fsp3) is 0.615. The van der Waals surface area contributed by atoms with Gasteiger partial charge in [-0.25, -0.2) is 9.97 Å². The molecule has 0 radical (unpaired) electrons. The number of aliphatic hydroxyl groups excluding tert-OH is 1. The molecule has 186 valence electrons. The first-order valence-electron chi connectivity index (χ1n) is 12.3. The third kappa shape index (κ3) is 5.30. The van der Waals surface area contributed by atoms with Crippen LogP contribution in [0.4, 0.5) is 5.82 Å². The Morgan fingerprint density at radius 1 is 1.12 bits per heavy atom. The van der Waals surface area contributed by atoms with Crippen LogP contribution in [0.5, 0.6) is 5.88 Å². The first kappa shape index (κ1) is 25.1. The minimum Gasteiger partial charge on any atom is -0.474 e. The fourth-order valence-corrected chi connectivity index (χ4v) is 6.19. The molecule has 1 aromatic carbocycles. The lowest BCUT2D eigenvalue weighted by molar-refractivity contribution is 0.0958. The van der Waals surface area contributed by atoms with E-state index in [-0.39, 0.29) is 41.9 Å². The van der Waals surface area contributed by atoms with Crippen molar-refractivity contribution in [1.29, 1.82) is 0 Å².